The molecule has 0 amide bonds. The van der Waals surface area contributed by atoms with Gasteiger partial charge < -0.3 is 35.0 Å². The van der Waals surface area contributed by atoms with Crippen LogP contribution < -0.4 is 20.7 Å². The second-order valence-electron chi connectivity index (χ2n) is 7.03. The Labute approximate surface area is 217 Å². The Morgan fingerprint density at radius 3 is 2.65 bits per heavy atom. The largest absolute Gasteiger partial charge is 2.00 e. The summed E-state index contributed by atoms with van der Waals surface area (Å²) in [5, 5.41) is 11.7. The zero-order chi connectivity index (χ0) is 20.5. The number of fused-ring (bicyclic) bond motifs is 1. The molecule has 1 aromatic heterocycles. The fraction of sp³-hybridized carbons (Fsp3) is 0.273. The summed E-state index contributed by atoms with van der Waals surface area (Å²) in [4.78, 5) is 9.11. The van der Waals surface area contributed by atoms with E-state index in [0.717, 1.165) is 35.1 Å². The van der Waals surface area contributed by atoms with Crippen molar-refractivity contribution in [3.8, 4) is 16.9 Å². The first kappa shape index (κ1) is 26.0. The molecule has 3 N–H and O–H groups in total. The quantitative estimate of drug-likeness (QED) is 0.326. The van der Waals surface area contributed by atoms with Gasteiger partial charge >= 0.3 is 31.1 Å². The van der Waals surface area contributed by atoms with E-state index in [4.69, 9.17) is 27.9 Å². The van der Waals surface area contributed by atoms with Crippen molar-refractivity contribution in [3.05, 3.63) is 54.9 Å². The van der Waals surface area contributed by atoms with Crippen LogP contribution in [0.25, 0.3) is 22.0 Å². The van der Waals surface area contributed by atoms with Crippen LogP contribution in [0.2, 0.25) is 10.0 Å². The number of hydrogen-bond donors (Lipinski definition) is 3. The number of nitrogens with zero attached hydrogens (tertiary/aromatic N) is 2. The monoisotopic (exact) mass is 683 g/mol. The van der Waals surface area contributed by atoms with Crippen LogP contribution in [0.15, 0.2) is 30.5 Å². The molecule has 2 aromatic carbocycles. The number of methoxy groups -OCH3 is 1. The number of benzene rings is 2. The normalized spacial score (nSPS) is 17.6. The molecule has 0 radical (unpaired) electrons. The number of hydrogen-bond acceptors (Lipinski definition) is 6. The molecule has 162 valence electrons. The van der Waals surface area contributed by atoms with E-state index in [0.29, 0.717) is 27.3 Å². The summed E-state index contributed by atoms with van der Waals surface area (Å²) in [5.74, 6) is 1.17. The Kier molecular flexibility index (Phi) is 9.29. The molecule has 0 aliphatic carbocycles. The van der Waals surface area contributed by atoms with Gasteiger partial charge in [0.05, 0.1) is 28.4 Å². The first-order chi connectivity index (χ1) is 14.0. The van der Waals surface area contributed by atoms with E-state index in [2.05, 4.69) is 32.8 Å². The molecule has 6 nitrogen and oxygen atoms in total. The number of ether oxygens (including phenoxy) is 1. The Morgan fingerprint density at radius 2 is 2.00 bits per heavy atom. The van der Waals surface area contributed by atoms with Gasteiger partial charge in [0, 0.05) is 42.8 Å². The third-order valence-corrected chi connectivity index (χ3v) is 5.85. The van der Waals surface area contributed by atoms with E-state index in [9.17, 15) is 0 Å². The van der Waals surface area contributed by atoms with Gasteiger partial charge in [-0.05, 0) is 24.1 Å². The third-order valence-electron chi connectivity index (χ3n) is 5.08. The first-order valence-electron chi connectivity index (χ1n) is 9.34. The van der Waals surface area contributed by atoms with Gasteiger partial charge in [0.25, 0.3) is 0 Å². The summed E-state index contributed by atoms with van der Waals surface area (Å²) in [6, 6.07) is 8.20. The molecular formula is C22H25Cl2N5OU. The Balaban J connectivity index is 0.00000171. The van der Waals surface area contributed by atoms with E-state index in [-0.39, 0.29) is 50.6 Å². The van der Waals surface area contributed by atoms with Crippen LogP contribution >= 0.6 is 23.2 Å². The molecule has 1 aliphatic heterocycles. The van der Waals surface area contributed by atoms with E-state index in [1.54, 1.807) is 26.4 Å². The molecule has 3 aromatic rings. The Bertz CT molecular complexity index is 1040. The SMILES string of the molecule is [CH2-][C@@H]1C[C@H](Nc2ncc3cc(-c4c(Cl)c(NC)cc(OC)c4Cl)ccc3n2)CN1.[CH3-].[U+2]. The summed E-state index contributed by atoms with van der Waals surface area (Å²) in [6.45, 7) is 4.89. The van der Waals surface area contributed by atoms with Gasteiger partial charge in [0.15, 0.2) is 0 Å². The van der Waals surface area contributed by atoms with Crippen LogP contribution in [0.1, 0.15) is 6.42 Å². The molecule has 0 spiro atoms. The number of nitrogens with one attached hydrogen (secondary N) is 3. The maximum atomic E-state index is 6.61. The van der Waals surface area contributed by atoms with Gasteiger partial charge in [-0.1, -0.05) is 29.3 Å². The van der Waals surface area contributed by atoms with E-state index in [1.807, 2.05) is 18.2 Å². The van der Waals surface area contributed by atoms with Crippen molar-refractivity contribution in [1.82, 2.24) is 15.3 Å². The van der Waals surface area contributed by atoms with E-state index < -0.39 is 0 Å². The fourth-order valence-electron chi connectivity index (χ4n) is 3.57. The topological polar surface area (TPSA) is 71.1 Å². The standard InChI is InChI=1S/C21H22Cl2N5O.CH3.U/c1-11-6-14(10-25-11)27-21-26-9-13-7-12(4-5-15(13)28-21)18-19(22)16(24-2)8-17(29-3)20(18)23;;/h4-5,7-9,11,14,24-25H,1,6,10H2,2-3H3,(H,26,27,28);1H3;/q2*-1;+2/t11-,14+;;/m1../s1. The van der Waals surface area contributed by atoms with Gasteiger partial charge in [-0.3, -0.25) is 0 Å². The average Bonchev–Trinajstić information content (AvgIpc) is 3.13. The average molecular weight is 684 g/mol. The maximum Gasteiger partial charge on any atom is 2.00 e. The van der Waals surface area contributed by atoms with Crippen molar-refractivity contribution in [3.63, 3.8) is 0 Å². The number of rotatable bonds is 5. The third kappa shape index (κ3) is 5.40. The predicted molar refractivity (Wildman–Crippen MR) is 127 cm³/mol. The number of anilines is 2. The smallest absolute Gasteiger partial charge is 0.495 e. The van der Waals surface area contributed by atoms with Crippen LogP contribution in [-0.2, 0) is 0 Å². The molecule has 0 bridgehead atoms. The van der Waals surface area contributed by atoms with Crippen LogP contribution in [0.4, 0.5) is 11.6 Å². The van der Waals surface area contributed by atoms with Gasteiger partial charge in [0.2, 0.25) is 5.95 Å². The molecule has 2 heterocycles. The summed E-state index contributed by atoms with van der Waals surface area (Å²) in [5.41, 5.74) is 3.16. The Hall–Kier alpha value is -1.23. The van der Waals surface area contributed by atoms with E-state index in [1.165, 1.54) is 0 Å². The molecular weight excluding hydrogens is 659 g/mol. The number of aromatic nitrogens is 2. The van der Waals surface area contributed by atoms with Crippen molar-refractivity contribution in [2.45, 2.75) is 18.5 Å². The van der Waals surface area contributed by atoms with Crippen molar-refractivity contribution < 1.29 is 35.9 Å². The molecule has 4 rings (SSSR count). The van der Waals surface area contributed by atoms with Crippen molar-refractivity contribution in [2.75, 3.05) is 31.3 Å². The van der Waals surface area contributed by atoms with Crippen molar-refractivity contribution >= 4 is 45.7 Å². The van der Waals surface area contributed by atoms with Gasteiger partial charge in [-0.15, -0.1) is 6.04 Å². The van der Waals surface area contributed by atoms with Crippen molar-refractivity contribution in [2.24, 2.45) is 0 Å². The zero-order valence-corrected chi connectivity index (χ0v) is 23.4. The Morgan fingerprint density at radius 1 is 1.23 bits per heavy atom. The van der Waals surface area contributed by atoms with E-state index >= 15 is 0 Å². The summed E-state index contributed by atoms with van der Waals surface area (Å²) < 4.78 is 5.41. The van der Waals surface area contributed by atoms with Crippen LogP contribution in [0.3, 0.4) is 0 Å². The summed E-state index contributed by atoms with van der Waals surface area (Å²) >= 11 is 13.2. The second kappa shape index (κ2) is 11.1. The minimum absolute atomic E-state index is 0. The molecule has 1 saturated heterocycles. The van der Waals surface area contributed by atoms with Gasteiger partial charge in [-0.2, -0.15) is 0 Å². The van der Waals surface area contributed by atoms with Crippen LogP contribution in [-0.4, -0.2) is 42.8 Å². The fourth-order valence-corrected chi connectivity index (χ4v) is 4.30. The first-order valence-corrected chi connectivity index (χ1v) is 10.1. The maximum absolute atomic E-state index is 6.61. The van der Waals surface area contributed by atoms with Gasteiger partial charge in [0.1, 0.15) is 5.75 Å². The summed E-state index contributed by atoms with van der Waals surface area (Å²) in [7, 11) is 3.38. The van der Waals surface area contributed by atoms with Crippen molar-refractivity contribution in [1.29, 1.82) is 0 Å². The van der Waals surface area contributed by atoms with Crippen LogP contribution in [0, 0.1) is 45.5 Å². The molecule has 31 heavy (non-hydrogen) atoms. The summed E-state index contributed by atoms with van der Waals surface area (Å²) in [6.07, 6.45) is 2.75. The molecule has 1 aliphatic rings. The predicted octanol–water partition coefficient (Wildman–Crippen LogP) is 5.08. The van der Waals surface area contributed by atoms with Gasteiger partial charge in [-0.25, -0.2) is 9.97 Å². The molecule has 1 fully saturated rings. The molecule has 9 heteroatoms. The zero-order valence-electron chi connectivity index (χ0n) is 17.7. The minimum atomic E-state index is 0. The second-order valence-corrected chi connectivity index (χ2v) is 7.78. The minimum Gasteiger partial charge on any atom is -0.495 e. The molecule has 0 saturated carbocycles. The van der Waals surface area contributed by atoms with Crippen LogP contribution in [0.5, 0.6) is 5.75 Å². The number of halogens is 2. The molecule has 2 atom stereocenters. The molecule has 0 unspecified atom stereocenters.